The summed E-state index contributed by atoms with van der Waals surface area (Å²) in [4.78, 5) is 8.84. The first-order valence-corrected chi connectivity index (χ1v) is 6.57. The molecule has 1 aromatic carbocycles. The van der Waals surface area contributed by atoms with Crippen molar-refractivity contribution >= 4 is 28.4 Å². The second kappa shape index (κ2) is 5.62. The van der Waals surface area contributed by atoms with Crippen molar-refractivity contribution in [2.75, 3.05) is 12.8 Å². The number of halogens is 1. The molecule has 0 fully saturated rings. The van der Waals surface area contributed by atoms with Gasteiger partial charge in [0.1, 0.15) is 5.82 Å². The molecular formula is C13H14IN3O. The van der Waals surface area contributed by atoms with Crippen LogP contribution in [0.5, 0.6) is 0 Å². The Morgan fingerprint density at radius 3 is 2.78 bits per heavy atom. The van der Waals surface area contributed by atoms with E-state index in [0.717, 1.165) is 14.8 Å². The summed E-state index contributed by atoms with van der Waals surface area (Å²) >= 11 is 2.14. The molecule has 0 atom stereocenters. The third kappa shape index (κ3) is 2.78. The lowest BCUT2D eigenvalue weighted by Gasteiger charge is -2.08. The Morgan fingerprint density at radius 2 is 2.11 bits per heavy atom. The molecule has 18 heavy (non-hydrogen) atoms. The van der Waals surface area contributed by atoms with E-state index in [2.05, 4.69) is 32.6 Å². The van der Waals surface area contributed by atoms with Gasteiger partial charge in [0, 0.05) is 12.7 Å². The number of anilines is 1. The molecule has 1 heterocycles. The lowest BCUT2D eigenvalue weighted by Crippen LogP contribution is -2.05. The van der Waals surface area contributed by atoms with Crippen molar-refractivity contribution in [1.29, 1.82) is 0 Å². The molecule has 94 valence electrons. The fourth-order valence-corrected chi connectivity index (χ4v) is 2.06. The number of ether oxygens (including phenoxy) is 1. The zero-order valence-corrected chi connectivity index (χ0v) is 12.4. The lowest BCUT2D eigenvalue weighted by atomic mass is 10.1. The molecule has 0 unspecified atom stereocenters. The summed E-state index contributed by atoms with van der Waals surface area (Å²) in [5.41, 5.74) is 8.87. The molecule has 2 aromatic rings. The van der Waals surface area contributed by atoms with Crippen LogP contribution in [0.3, 0.4) is 0 Å². The summed E-state index contributed by atoms with van der Waals surface area (Å²) in [5, 5.41) is 0. The second-order valence-electron chi connectivity index (χ2n) is 4.00. The molecular weight excluding hydrogens is 341 g/mol. The van der Waals surface area contributed by atoms with Crippen LogP contribution in [0.25, 0.3) is 11.4 Å². The van der Waals surface area contributed by atoms with Crippen molar-refractivity contribution in [1.82, 2.24) is 9.97 Å². The Morgan fingerprint density at radius 1 is 1.33 bits per heavy atom. The first-order chi connectivity index (χ1) is 8.61. The highest BCUT2D eigenvalue weighted by atomic mass is 127. The monoisotopic (exact) mass is 355 g/mol. The highest BCUT2D eigenvalue weighted by Gasteiger charge is 2.11. The van der Waals surface area contributed by atoms with Gasteiger partial charge in [-0.15, -0.1) is 0 Å². The summed E-state index contributed by atoms with van der Waals surface area (Å²) in [7, 11) is 1.64. The van der Waals surface area contributed by atoms with Gasteiger partial charge in [-0.3, -0.25) is 0 Å². The van der Waals surface area contributed by atoms with Gasteiger partial charge in [-0.1, -0.05) is 23.8 Å². The van der Waals surface area contributed by atoms with Crippen molar-refractivity contribution in [3.63, 3.8) is 0 Å². The summed E-state index contributed by atoms with van der Waals surface area (Å²) < 4.78 is 5.98. The minimum atomic E-state index is 0.434. The van der Waals surface area contributed by atoms with Gasteiger partial charge >= 0.3 is 0 Å². The van der Waals surface area contributed by atoms with Crippen molar-refractivity contribution in [2.45, 2.75) is 13.5 Å². The van der Waals surface area contributed by atoms with Gasteiger partial charge in [0.25, 0.3) is 0 Å². The van der Waals surface area contributed by atoms with Gasteiger partial charge in [-0.05, 0) is 35.6 Å². The van der Waals surface area contributed by atoms with Gasteiger partial charge < -0.3 is 10.5 Å². The van der Waals surface area contributed by atoms with E-state index < -0.39 is 0 Å². The maximum absolute atomic E-state index is 5.91. The highest BCUT2D eigenvalue weighted by Crippen LogP contribution is 2.23. The third-order valence-electron chi connectivity index (χ3n) is 2.50. The largest absolute Gasteiger partial charge is 0.383 e. The molecule has 0 radical (unpaired) electrons. The van der Waals surface area contributed by atoms with Gasteiger partial charge in [-0.2, -0.15) is 0 Å². The fourth-order valence-electron chi connectivity index (χ4n) is 1.66. The molecule has 0 spiro atoms. The lowest BCUT2D eigenvalue weighted by molar-refractivity contribution is 0.181. The first kappa shape index (κ1) is 13.2. The van der Waals surface area contributed by atoms with Crippen molar-refractivity contribution in [2.24, 2.45) is 0 Å². The molecule has 0 aliphatic rings. The molecule has 0 saturated carbocycles. The minimum absolute atomic E-state index is 0.434. The van der Waals surface area contributed by atoms with Crippen LogP contribution >= 0.6 is 22.6 Å². The number of nitrogens with zero attached hydrogens (tertiary/aromatic N) is 2. The van der Waals surface area contributed by atoms with E-state index >= 15 is 0 Å². The van der Waals surface area contributed by atoms with Crippen LogP contribution in [0.1, 0.15) is 11.3 Å². The van der Waals surface area contributed by atoms with Gasteiger partial charge in [0.2, 0.25) is 0 Å². The average molecular weight is 355 g/mol. The Bertz CT molecular complexity index is 572. The van der Waals surface area contributed by atoms with Crippen LogP contribution in [0.4, 0.5) is 5.82 Å². The molecule has 2 N–H and O–H groups in total. The van der Waals surface area contributed by atoms with Crippen LogP contribution < -0.4 is 5.73 Å². The molecule has 1 aromatic heterocycles. The average Bonchev–Trinajstić information content (AvgIpc) is 2.35. The van der Waals surface area contributed by atoms with E-state index in [1.54, 1.807) is 7.11 Å². The predicted molar refractivity (Wildman–Crippen MR) is 80.0 cm³/mol. The number of hydrogen-bond donors (Lipinski definition) is 1. The molecule has 0 aliphatic carbocycles. The molecule has 5 heteroatoms. The van der Waals surface area contributed by atoms with Crippen molar-refractivity contribution in [3.8, 4) is 11.4 Å². The van der Waals surface area contributed by atoms with Gasteiger partial charge in [-0.25, -0.2) is 9.97 Å². The van der Waals surface area contributed by atoms with Crippen molar-refractivity contribution < 1.29 is 4.74 Å². The minimum Gasteiger partial charge on any atom is -0.383 e. The van der Waals surface area contributed by atoms with Gasteiger partial charge in [0.15, 0.2) is 5.82 Å². The Labute approximate surface area is 120 Å². The summed E-state index contributed by atoms with van der Waals surface area (Å²) in [6, 6.07) is 8.04. The number of hydrogen-bond acceptors (Lipinski definition) is 4. The Balaban J connectivity index is 2.51. The second-order valence-corrected chi connectivity index (χ2v) is 5.07. The number of methoxy groups -OCH3 is 1. The number of rotatable bonds is 3. The maximum Gasteiger partial charge on any atom is 0.161 e. The van der Waals surface area contributed by atoms with E-state index in [4.69, 9.17) is 10.5 Å². The number of nitrogens with two attached hydrogens (primary N) is 1. The van der Waals surface area contributed by atoms with Crippen LogP contribution in [0.15, 0.2) is 24.3 Å². The van der Waals surface area contributed by atoms with Crippen LogP contribution in [0.2, 0.25) is 0 Å². The normalized spacial score (nSPS) is 10.6. The topological polar surface area (TPSA) is 61.0 Å². The van der Waals surface area contributed by atoms with Crippen LogP contribution in [-0.2, 0) is 11.3 Å². The van der Waals surface area contributed by atoms with E-state index in [9.17, 15) is 0 Å². The number of benzene rings is 1. The smallest absolute Gasteiger partial charge is 0.161 e. The number of aryl methyl sites for hydroxylation is 1. The van der Waals surface area contributed by atoms with E-state index in [-0.39, 0.29) is 0 Å². The first-order valence-electron chi connectivity index (χ1n) is 5.49. The zero-order chi connectivity index (χ0) is 13.1. The van der Waals surface area contributed by atoms with Crippen LogP contribution in [-0.4, -0.2) is 17.1 Å². The Hall–Kier alpha value is -1.21. The molecule has 2 rings (SSSR count). The van der Waals surface area contributed by atoms with Gasteiger partial charge in [0.05, 0.1) is 15.9 Å². The molecule has 4 nitrogen and oxygen atoms in total. The van der Waals surface area contributed by atoms with E-state index in [0.29, 0.717) is 18.2 Å². The van der Waals surface area contributed by atoms with E-state index in [1.165, 1.54) is 5.56 Å². The maximum atomic E-state index is 5.91. The predicted octanol–water partition coefficient (Wildman–Crippen LogP) is 2.79. The zero-order valence-electron chi connectivity index (χ0n) is 10.3. The quantitative estimate of drug-likeness (QED) is 0.861. The molecule has 0 amide bonds. The SMILES string of the molecule is COCc1nc(-c2cccc(C)c2)nc(N)c1I. The van der Waals surface area contributed by atoms with Crippen LogP contribution in [0, 0.1) is 10.5 Å². The fraction of sp³-hybridized carbons (Fsp3) is 0.231. The molecule has 0 aliphatic heterocycles. The standard InChI is InChI=1S/C13H14IN3O/c1-8-4-3-5-9(6-8)13-16-10(7-18-2)11(14)12(15)17-13/h3-6H,7H2,1-2H3,(H2,15,16,17). The summed E-state index contributed by atoms with van der Waals surface area (Å²) in [6.45, 7) is 2.47. The third-order valence-corrected chi connectivity index (χ3v) is 3.68. The van der Waals surface area contributed by atoms with Crippen molar-refractivity contribution in [3.05, 3.63) is 39.1 Å². The number of aromatic nitrogens is 2. The summed E-state index contributed by atoms with van der Waals surface area (Å²) in [6.07, 6.45) is 0. The summed E-state index contributed by atoms with van der Waals surface area (Å²) in [5.74, 6) is 1.14. The highest BCUT2D eigenvalue weighted by molar-refractivity contribution is 14.1. The van der Waals surface area contributed by atoms with E-state index in [1.807, 2.05) is 31.2 Å². The number of nitrogen functional groups attached to an aromatic ring is 1. The molecule has 0 saturated heterocycles. The molecule has 0 bridgehead atoms. The Kier molecular flexibility index (Phi) is 4.13.